The Hall–Kier alpha value is 0.610. The maximum Gasteiger partial charge on any atom is 0.154 e. The summed E-state index contributed by atoms with van der Waals surface area (Å²) in [6, 6.07) is 2.07. The van der Waals surface area contributed by atoms with Crippen molar-refractivity contribution in [2.24, 2.45) is 0 Å². The van der Waals surface area contributed by atoms with Gasteiger partial charge in [-0.25, -0.2) is 8.42 Å². The van der Waals surface area contributed by atoms with E-state index in [4.69, 9.17) is 0 Å². The van der Waals surface area contributed by atoms with Gasteiger partial charge in [0.15, 0.2) is 9.84 Å². The fourth-order valence-corrected chi connectivity index (χ4v) is 7.42. The molecule has 0 aromatic carbocycles. The number of hydrogen-bond acceptors (Lipinski definition) is 3. The summed E-state index contributed by atoms with van der Waals surface area (Å²) in [6.45, 7) is 2.03. The molecule has 96 valence electrons. The van der Waals surface area contributed by atoms with Gasteiger partial charge in [0.05, 0.1) is 19.6 Å². The Morgan fingerprint density at radius 1 is 1.47 bits per heavy atom. The van der Waals surface area contributed by atoms with Crippen LogP contribution in [0.2, 0.25) is 0 Å². The average molecular weight is 402 g/mol. The van der Waals surface area contributed by atoms with Crippen molar-refractivity contribution >= 4 is 53.0 Å². The lowest BCUT2D eigenvalue weighted by atomic mass is 10.1. The molecule has 0 aliphatic carbocycles. The highest BCUT2D eigenvalue weighted by Gasteiger charge is 2.35. The summed E-state index contributed by atoms with van der Waals surface area (Å²) in [7, 11) is -2.93. The zero-order valence-electron chi connectivity index (χ0n) is 9.45. The van der Waals surface area contributed by atoms with Crippen LogP contribution in [0.15, 0.2) is 9.85 Å². The Morgan fingerprint density at radius 2 is 2.18 bits per heavy atom. The average Bonchev–Trinajstić information content (AvgIpc) is 2.58. The SMILES string of the molecule is Cc1cc(C(Br)C2CCCCS2(=O)=O)sc1Br. The molecule has 1 aliphatic heterocycles. The van der Waals surface area contributed by atoms with Crippen molar-refractivity contribution in [2.45, 2.75) is 36.3 Å². The summed E-state index contributed by atoms with van der Waals surface area (Å²) in [5.41, 5.74) is 1.17. The van der Waals surface area contributed by atoms with Crippen molar-refractivity contribution in [3.05, 3.63) is 20.3 Å². The van der Waals surface area contributed by atoms with Gasteiger partial charge in [-0.15, -0.1) is 11.3 Å². The van der Waals surface area contributed by atoms with Gasteiger partial charge in [0.25, 0.3) is 0 Å². The first-order valence-electron chi connectivity index (χ1n) is 5.53. The minimum absolute atomic E-state index is 0.0669. The van der Waals surface area contributed by atoms with E-state index in [1.165, 1.54) is 5.56 Å². The number of thiophene rings is 1. The van der Waals surface area contributed by atoms with E-state index in [1.807, 2.05) is 6.92 Å². The highest BCUT2D eigenvalue weighted by Crippen LogP contribution is 2.41. The fraction of sp³-hybridized carbons (Fsp3) is 0.636. The molecule has 1 fully saturated rings. The lowest BCUT2D eigenvalue weighted by molar-refractivity contribution is 0.538. The van der Waals surface area contributed by atoms with Crippen LogP contribution in [0, 0.1) is 6.92 Å². The molecule has 17 heavy (non-hydrogen) atoms. The van der Waals surface area contributed by atoms with Crippen LogP contribution in [0.4, 0.5) is 0 Å². The minimum Gasteiger partial charge on any atom is -0.228 e. The number of sulfone groups is 1. The normalized spacial score (nSPS) is 25.7. The van der Waals surface area contributed by atoms with E-state index in [9.17, 15) is 8.42 Å². The number of aryl methyl sites for hydroxylation is 1. The molecule has 0 spiro atoms. The molecule has 2 atom stereocenters. The van der Waals surface area contributed by atoms with Crippen molar-refractivity contribution in [2.75, 3.05) is 5.75 Å². The zero-order valence-corrected chi connectivity index (χ0v) is 14.3. The third kappa shape index (κ3) is 2.96. The Labute approximate surface area is 123 Å². The number of rotatable bonds is 2. The Bertz CT molecular complexity index is 488. The third-order valence-electron chi connectivity index (χ3n) is 3.10. The molecule has 2 nitrogen and oxygen atoms in total. The number of hydrogen-bond donors (Lipinski definition) is 0. The van der Waals surface area contributed by atoms with Gasteiger partial charge in [-0.1, -0.05) is 22.4 Å². The van der Waals surface area contributed by atoms with Crippen LogP contribution >= 0.6 is 43.2 Å². The lowest BCUT2D eigenvalue weighted by Crippen LogP contribution is -2.31. The molecule has 0 bridgehead atoms. The molecule has 1 aromatic heterocycles. The van der Waals surface area contributed by atoms with Crippen molar-refractivity contribution in [1.82, 2.24) is 0 Å². The van der Waals surface area contributed by atoms with Crippen LogP contribution in [0.25, 0.3) is 0 Å². The van der Waals surface area contributed by atoms with E-state index in [1.54, 1.807) is 11.3 Å². The van der Waals surface area contributed by atoms with Gasteiger partial charge in [-0.05, 0) is 47.3 Å². The minimum atomic E-state index is -2.93. The smallest absolute Gasteiger partial charge is 0.154 e. The molecule has 2 rings (SSSR count). The summed E-state index contributed by atoms with van der Waals surface area (Å²) in [5, 5.41) is -0.263. The fourth-order valence-electron chi connectivity index (χ4n) is 2.11. The number of alkyl halides is 1. The van der Waals surface area contributed by atoms with E-state index in [-0.39, 0.29) is 10.1 Å². The van der Waals surface area contributed by atoms with Crippen LogP contribution in [0.5, 0.6) is 0 Å². The molecule has 0 saturated carbocycles. The molecule has 1 aliphatic rings. The first kappa shape index (κ1) is 14.0. The van der Waals surface area contributed by atoms with Crippen LogP contribution in [-0.4, -0.2) is 19.4 Å². The number of halogens is 2. The molecular weight excluding hydrogens is 388 g/mol. The van der Waals surface area contributed by atoms with Crippen molar-refractivity contribution in [3.8, 4) is 0 Å². The van der Waals surface area contributed by atoms with Crippen LogP contribution < -0.4 is 0 Å². The predicted molar refractivity (Wildman–Crippen MR) is 79.8 cm³/mol. The molecule has 0 amide bonds. The van der Waals surface area contributed by atoms with Crippen LogP contribution in [-0.2, 0) is 9.84 Å². The molecule has 6 heteroatoms. The first-order chi connectivity index (χ1) is 7.92. The Morgan fingerprint density at radius 3 is 2.71 bits per heavy atom. The molecular formula is C11H14Br2O2S2. The van der Waals surface area contributed by atoms with Crippen molar-refractivity contribution in [1.29, 1.82) is 0 Å². The first-order valence-corrected chi connectivity index (χ1v) is 9.77. The van der Waals surface area contributed by atoms with Gasteiger partial charge < -0.3 is 0 Å². The molecule has 1 aromatic rings. The van der Waals surface area contributed by atoms with E-state index >= 15 is 0 Å². The van der Waals surface area contributed by atoms with Crippen molar-refractivity contribution < 1.29 is 8.42 Å². The zero-order chi connectivity index (χ0) is 12.6. The maximum absolute atomic E-state index is 12.1. The highest BCUT2D eigenvalue weighted by atomic mass is 79.9. The van der Waals surface area contributed by atoms with E-state index in [0.29, 0.717) is 5.75 Å². The van der Waals surface area contributed by atoms with Crippen molar-refractivity contribution in [3.63, 3.8) is 0 Å². The summed E-state index contributed by atoms with van der Waals surface area (Å²) < 4.78 is 25.2. The largest absolute Gasteiger partial charge is 0.228 e. The Balaban J connectivity index is 2.27. The predicted octanol–water partition coefficient (Wildman–Crippen LogP) is 4.22. The van der Waals surface area contributed by atoms with Gasteiger partial charge in [0, 0.05) is 4.88 Å². The quantitative estimate of drug-likeness (QED) is 0.695. The molecule has 1 saturated heterocycles. The molecule has 2 heterocycles. The topological polar surface area (TPSA) is 34.1 Å². The highest BCUT2D eigenvalue weighted by molar-refractivity contribution is 9.11. The lowest BCUT2D eigenvalue weighted by Gasteiger charge is -2.25. The van der Waals surface area contributed by atoms with E-state index in [0.717, 1.165) is 27.9 Å². The van der Waals surface area contributed by atoms with Crippen LogP contribution in [0.1, 0.15) is 34.5 Å². The molecule has 0 radical (unpaired) electrons. The second-order valence-corrected chi connectivity index (χ2v) is 10.1. The summed E-state index contributed by atoms with van der Waals surface area (Å²) >= 11 is 8.69. The van der Waals surface area contributed by atoms with Gasteiger partial charge >= 0.3 is 0 Å². The maximum atomic E-state index is 12.1. The van der Waals surface area contributed by atoms with Gasteiger partial charge in [0.2, 0.25) is 0 Å². The summed E-state index contributed by atoms with van der Waals surface area (Å²) in [6.07, 6.45) is 2.59. The summed E-state index contributed by atoms with van der Waals surface area (Å²) in [4.78, 5) is 1.03. The third-order valence-corrected chi connectivity index (χ3v) is 9.40. The van der Waals surface area contributed by atoms with Gasteiger partial charge in [-0.3, -0.25) is 0 Å². The Kier molecular flexibility index (Phi) is 4.38. The second kappa shape index (κ2) is 5.31. The molecule has 2 unspecified atom stereocenters. The van der Waals surface area contributed by atoms with Crippen LogP contribution in [0.3, 0.4) is 0 Å². The standard InChI is InChI=1S/C11H14Br2O2S2/c1-7-6-8(16-11(7)13)10(12)9-4-2-3-5-17(9,14)15/h6,9-10H,2-5H2,1H3. The van der Waals surface area contributed by atoms with Gasteiger partial charge in [0.1, 0.15) is 0 Å². The monoisotopic (exact) mass is 400 g/mol. The summed E-state index contributed by atoms with van der Waals surface area (Å²) in [5.74, 6) is 0.339. The molecule has 0 N–H and O–H groups in total. The van der Waals surface area contributed by atoms with Gasteiger partial charge in [-0.2, -0.15) is 0 Å². The van der Waals surface area contributed by atoms with E-state index in [2.05, 4.69) is 37.9 Å². The van der Waals surface area contributed by atoms with E-state index < -0.39 is 9.84 Å². The second-order valence-electron chi connectivity index (χ2n) is 4.41.